The van der Waals surface area contributed by atoms with Crippen molar-refractivity contribution >= 4 is 10.9 Å². The van der Waals surface area contributed by atoms with Crippen LogP contribution in [0.4, 0.5) is 4.39 Å². The predicted molar refractivity (Wildman–Crippen MR) is 77.2 cm³/mol. The van der Waals surface area contributed by atoms with Gasteiger partial charge in [-0.3, -0.25) is 4.98 Å². The molecular formula is C17H14FNO. The Balaban J connectivity index is 1.88. The van der Waals surface area contributed by atoms with E-state index in [4.69, 9.17) is 4.74 Å². The van der Waals surface area contributed by atoms with Crippen molar-refractivity contribution in [3.8, 4) is 5.75 Å². The van der Waals surface area contributed by atoms with Gasteiger partial charge in [0.15, 0.2) is 0 Å². The number of hydrogen-bond acceptors (Lipinski definition) is 2. The molecule has 1 heterocycles. The molecule has 3 heteroatoms. The molecule has 0 aliphatic carbocycles. The zero-order valence-corrected chi connectivity index (χ0v) is 11.1. The van der Waals surface area contributed by atoms with E-state index in [9.17, 15) is 4.39 Å². The molecule has 0 saturated carbocycles. The number of rotatable bonds is 3. The molecule has 20 heavy (non-hydrogen) atoms. The first-order chi connectivity index (χ1) is 9.72. The first-order valence-corrected chi connectivity index (χ1v) is 6.46. The average molecular weight is 267 g/mol. The summed E-state index contributed by atoms with van der Waals surface area (Å²) < 4.78 is 18.7. The third-order valence-corrected chi connectivity index (χ3v) is 3.11. The van der Waals surface area contributed by atoms with Gasteiger partial charge in [0.2, 0.25) is 0 Å². The fourth-order valence-corrected chi connectivity index (χ4v) is 2.13. The fourth-order valence-electron chi connectivity index (χ4n) is 2.13. The van der Waals surface area contributed by atoms with Crippen molar-refractivity contribution in [2.24, 2.45) is 0 Å². The van der Waals surface area contributed by atoms with Crippen LogP contribution in [0.25, 0.3) is 10.9 Å². The summed E-state index contributed by atoms with van der Waals surface area (Å²) in [7, 11) is 0. The van der Waals surface area contributed by atoms with Crippen LogP contribution in [0.15, 0.2) is 54.6 Å². The molecule has 100 valence electrons. The van der Waals surface area contributed by atoms with Gasteiger partial charge in [0.1, 0.15) is 18.2 Å². The quantitative estimate of drug-likeness (QED) is 0.707. The molecule has 0 saturated heterocycles. The molecule has 0 aliphatic heterocycles. The third kappa shape index (κ3) is 2.62. The molecule has 0 spiro atoms. The summed E-state index contributed by atoms with van der Waals surface area (Å²) >= 11 is 0. The summed E-state index contributed by atoms with van der Waals surface area (Å²) in [5.41, 5.74) is 2.77. The van der Waals surface area contributed by atoms with Crippen LogP contribution in [0, 0.1) is 12.7 Å². The molecule has 3 aromatic rings. The van der Waals surface area contributed by atoms with Gasteiger partial charge in [-0.2, -0.15) is 0 Å². The number of halogens is 1. The van der Waals surface area contributed by atoms with E-state index in [2.05, 4.69) is 4.98 Å². The van der Waals surface area contributed by atoms with Crippen molar-refractivity contribution in [2.45, 2.75) is 13.5 Å². The molecule has 0 N–H and O–H groups in total. The molecule has 2 nitrogen and oxygen atoms in total. The van der Waals surface area contributed by atoms with Crippen LogP contribution < -0.4 is 4.74 Å². The number of benzene rings is 2. The second-order valence-corrected chi connectivity index (χ2v) is 4.69. The highest BCUT2D eigenvalue weighted by Gasteiger charge is 2.05. The van der Waals surface area contributed by atoms with Crippen LogP contribution in [0.2, 0.25) is 0 Å². The SMILES string of the molecule is Cc1cc(OCc2ccc(F)cc2)c2ccccc2n1. The van der Waals surface area contributed by atoms with Gasteiger partial charge in [-0.1, -0.05) is 24.3 Å². The maximum Gasteiger partial charge on any atom is 0.131 e. The Morgan fingerprint density at radius 3 is 2.60 bits per heavy atom. The van der Waals surface area contributed by atoms with Gasteiger partial charge >= 0.3 is 0 Å². The van der Waals surface area contributed by atoms with Gasteiger partial charge in [-0.15, -0.1) is 0 Å². The minimum Gasteiger partial charge on any atom is -0.488 e. The van der Waals surface area contributed by atoms with Crippen molar-refractivity contribution in [3.63, 3.8) is 0 Å². The Hall–Kier alpha value is -2.42. The monoisotopic (exact) mass is 267 g/mol. The first-order valence-electron chi connectivity index (χ1n) is 6.46. The van der Waals surface area contributed by atoms with Crippen molar-refractivity contribution in [1.82, 2.24) is 4.98 Å². The number of hydrogen-bond donors (Lipinski definition) is 0. The molecule has 1 aromatic heterocycles. The molecule has 0 unspecified atom stereocenters. The summed E-state index contributed by atoms with van der Waals surface area (Å²) in [6, 6.07) is 16.1. The minimum atomic E-state index is -0.237. The lowest BCUT2D eigenvalue weighted by molar-refractivity contribution is 0.309. The van der Waals surface area contributed by atoms with Crippen molar-refractivity contribution in [3.05, 3.63) is 71.7 Å². The fraction of sp³-hybridized carbons (Fsp3) is 0.118. The van der Waals surface area contributed by atoms with Crippen LogP contribution in [-0.4, -0.2) is 4.98 Å². The van der Waals surface area contributed by atoms with Crippen LogP contribution in [0.5, 0.6) is 5.75 Å². The Morgan fingerprint density at radius 2 is 1.80 bits per heavy atom. The number of aromatic nitrogens is 1. The van der Waals surface area contributed by atoms with Crippen LogP contribution in [0.1, 0.15) is 11.3 Å². The maximum absolute atomic E-state index is 12.9. The Kier molecular flexibility index (Phi) is 3.33. The second-order valence-electron chi connectivity index (χ2n) is 4.69. The third-order valence-electron chi connectivity index (χ3n) is 3.11. The minimum absolute atomic E-state index is 0.237. The molecule has 0 atom stereocenters. The normalized spacial score (nSPS) is 10.7. The Labute approximate surface area is 116 Å². The lowest BCUT2D eigenvalue weighted by Gasteiger charge is -2.10. The highest BCUT2D eigenvalue weighted by Crippen LogP contribution is 2.25. The van der Waals surface area contributed by atoms with E-state index in [1.807, 2.05) is 37.3 Å². The van der Waals surface area contributed by atoms with E-state index < -0.39 is 0 Å². The van der Waals surface area contributed by atoms with Crippen LogP contribution in [0.3, 0.4) is 0 Å². The lowest BCUT2D eigenvalue weighted by Crippen LogP contribution is -1.97. The smallest absolute Gasteiger partial charge is 0.131 e. The number of pyridine rings is 1. The van der Waals surface area contributed by atoms with Gasteiger partial charge in [-0.25, -0.2) is 4.39 Å². The summed E-state index contributed by atoms with van der Waals surface area (Å²) in [5.74, 6) is 0.566. The van der Waals surface area contributed by atoms with Gasteiger partial charge in [-0.05, 0) is 36.8 Å². The molecule has 0 radical (unpaired) electrons. The average Bonchev–Trinajstić information content (AvgIpc) is 2.46. The molecule has 0 bridgehead atoms. The largest absolute Gasteiger partial charge is 0.488 e. The van der Waals surface area contributed by atoms with E-state index in [1.165, 1.54) is 12.1 Å². The second kappa shape index (κ2) is 5.29. The Bertz CT molecular complexity index is 738. The van der Waals surface area contributed by atoms with Gasteiger partial charge in [0.05, 0.1) is 5.52 Å². The number of ether oxygens (including phenoxy) is 1. The number of fused-ring (bicyclic) bond motifs is 1. The number of aryl methyl sites for hydroxylation is 1. The number of nitrogens with zero attached hydrogens (tertiary/aromatic N) is 1. The van der Waals surface area contributed by atoms with E-state index >= 15 is 0 Å². The Morgan fingerprint density at radius 1 is 1.05 bits per heavy atom. The molecule has 2 aromatic carbocycles. The molecule has 0 aliphatic rings. The highest BCUT2D eigenvalue weighted by atomic mass is 19.1. The molecular weight excluding hydrogens is 253 g/mol. The zero-order chi connectivity index (χ0) is 13.9. The van der Waals surface area contributed by atoms with Crippen molar-refractivity contribution in [1.29, 1.82) is 0 Å². The first kappa shape index (κ1) is 12.6. The summed E-state index contributed by atoms with van der Waals surface area (Å²) in [5, 5.41) is 0.986. The number of para-hydroxylation sites is 1. The lowest BCUT2D eigenvalue weighted by atomic mass is 10.2. The van der Waals surface area contributed by atoms with Crippen LogP contribution in [-0.2, 0) is 6.61 Å². The summed E-state index contributed by atoms with van der Waals surface area (Å²) in [6.07, 6.45) is 0. The highest BCUT2D eigenvalue weighted by molar-refractivity contribution is 5.85. The van der Waals surface area contributed by atoms with Crippen LogP contribution >= 0.6 is 0 Å². The van der Waals surface area contributed by atoms with Gasteiger partial charge in [0, 0.05) is 17.1 Å². The van der Waals surface area contributed by atoms with Crippen molar-refractivity contribution < 1.29 is 9.13 Å². The predicted octanol–water partition coefficient (Wildman–Crippen LogP) is 4.26. The molecule has 0 amide bonds. The van der Waals surface area contributed by atoms with Crippen molar-refractivity contribution in [2.75, 3.05) is 0 Å². The van der Waals surface area contributed by atoms with E-state index in [-0.39, 0.29) is 5.82 Å². The summed E-state index contributed by atoms with van der Waals surface area (Å²) in [4.78, 5) is 4.47. The molecule has 0 fully saturated rings. The maximum atomic E-state index is 12.9. The van der Waals surface area contributed by atoms with E-state index in [0.717, 1.165) is 27.9 Å². The molecule has 3 rings (SSSR count). The van der Waals surface area contributed by atoms with E-state index in [0.29, 0.717) is 6.61 Å². The standard InChI is InChI=1S/C17H14FNO/c1-12-10-17(15-4-2-3-5-16(15)19-12)20-11-13-6-8-14(18)9-7-13/h2-10H,11H2,1H3. The van der Waals surface area contributed by atoms with Gasteiger partial charge < -0.3 is 4.74 Å². The van der Waals surface area contributed by atoms with Gasteiger partial charge in [0.25, 0.3) is 0 Å². The van der Waals surface area contributed by atoms with E-state index in [1.54, 1.807) is 12.1 Å². The topological polar surface area (TPSA) is 22.1 Å². The summed E-state index contributed by atoms with van der Waals surface area (Å²) in [6.45, 7) is 2.35. The zero-order valence-electron chi connectivity index (χ0n) is 11.1.